The van der Waals surface area contributed by atoms with Gasteiger partial charge in [0, 0.05) is 35.9 Å². The van der Waals surface area contributed by atoms with Crippen molar-refractivity contribution in [2.24, 2.45) is 5.73 Å². The molecular weight excluding hydrogens is 398 g/mol. The Bertz CT molecular complexity index is 1270. The van der Waals surface area contributed by atoms with Crippen LogP contribution in [0, 0.1) is 6.92 Å². The maximum Gasteiger partial charge on any atom is 0.287 e. The lowest BCUT2D eigenvalue weighted by molar-refractivity contribution is 0.0988. The van der Waals surface area contributed by atoms with Crippen molar-refractivity contribution in [2.45, 2.75) is 6.92 Å². The molecule has 1 amide bonds. The number of aromatic hydroxyl groups is 1. The van der Waals surface area contributed by atoms with Crippen LogP contribution in [0.25, 0.3) is 28.0 Å². The number of aryl methyl sites for hydroxylation is 1. The highest BCUT2D eigenvalue weighted by Gasteiger charge is 2.22. The molecule has 0 spiro atoms. The molecule has 0 atom stereocenters. The Morgan fingerprint density at radius 2 is 1.84 bits per heavy atom. The van der Waals surface area contributed by atoms with Gasteiger partial charge in [0.1, 0.15) is 5.75 Å². The smallest absolute Gasteiger partial charge is 0.287 e. The predicted octanol–water partition coefficient (Wildman–Crippen LogP) is 1.76. The number of hydrogen-bond acceptors (Lipinski definition) is 7. The van der Waals surface area contributed by atoms with Crippen LogP contribution >= 0.6 is 0 Å². The normalized spacial score (nSPS) is 14.3. The first-order valence-electron chi connectivity index (χ1n) is 9.89. The van der Waals surface area contributed by atoms with E-state index in [0.717, 1.165) is 29.9 Å². The van der Waals surface area contributed by atoms with Crippen LogP contribution < -0.4 is 10.6 Å². The minimum absolute atomic E-state index is 0.00856. The zero-order chi connectivity index (χ0) is 21.5. The molecule has 4 N–H and O–H groups in total. The summed E-state index contributed by atoms with van der Waals surface area (Å²) in [6, 6.07) is 11.1. The molecule has 1 fully saturated rings. The number of benzene rings is 2. The van der Waals surface area contributed by atoms with Crippen LogP contribution in [0.4, 0.5) is 5.69 Å². The first-order valence-corrected chi connectivity index (χ1v) is 9.89. The number of carbonyl (C=O) groups is 1. The Morgan fingerprint density at radius 1 is 1.13 bits per heavy atom. The number of aromatic nitrogens is 5. The molecule has 5 rings (SSSR count). The summed E-state index contributed by atoms with van der Waals surface area (Å²) in [5, 5.41) is 26.7. The fourth-order valence-electron chi connectivity index (χ4n) is 3.86. The summed E-state index contributed by atoms with van der Waals surface area (Å²) in [6.07, 6.45) is 0. The molecule has 0 unspecified atom stereocenters. The Kier molecular flexibility index (Phi) is 4.55. The van der Waals surface area contributed by atoms with Crippen LogP contribution in [0.1, 0.15) is 16.3 Å². The van der Waals surface area contributed by atoms with Gasteiger partial charge in [-0.3, -0.25) is 14.5 Å². The number of H-pyrrole nitrogens is 1. The summed E-state index contributed by atoms with van der Waals surface area (Å²) in [5.41, 5.74) is 9.20. The van der Waals surface area contributed by atoms with Crippen molar-refractivity contribution >= 4 is 22.5 Å². The number of fused-ring (bicyclic) bond motifs is 1. The van der Waals surface area contributed by atoms with Crippen LogP contribution in [0.2, 0.25) is 0 Å². The Labute approximate surface area is 177 Å². The van der Waals surface area contributed by atoms with Gasteiger partial charge in [-0.05, 0) is 37.3 Å². The number of nitrogens with one attached hydrogen (secondary N) is 1. The molecule has 0 bridgehead atoms. The molecule has 4 aromatic rings. The van der Waals surface area contributed by atoms with Crippen LogP contribution in [-0.2, 0) is 4.74 Å². The topological polar surface area (TPSA) is 135 Å². The minimum atomic E-state index is -0.712. The zero-order valence-electron chi connectivity index (χ0n) is 16.9. The van der Waals surface area contributed by atoms with Gasteiger partial charge in [-0.15, -0.1) is 10.2 Å². The number of nitrogens with zero attached hydrogens (tertiary/aromatic N) is 5. The lowest BCUT2D eigenvalue weighted by Gasteiger charge is -2.29. The molecule has 1 saturated heterocycles. The number of nitrogens with two attached hydrogens (primary N) is 1. The Balaban J connectivity index is 1.62. The minimum Gasteiger partial charge on any atom is -0.507 e. The van der Waals surface area contributed by atoms with E-state index < -0.39 is 5.91 Å². The van der Waals surface area contributed by atoms with Gasteiger partial charge in [0.05, 0.1) is 30.0 Å². The number of carbonyl (C=O) groups excluding carboxylic acids is 1. The third-order valence-electron chi connectivity index (χ3n) is 5.48. The first-order chi connectivity index (χ1) is 15.0. The first kappa shape index (κ1) is 19.1. The van der Waals surface area contributed by atoms with E-state index in [4.69, 9.17) is 10.5 Å². The van der Waals surface area contributed by atoms with Crippen LogP contribution in [0.5, 0.6) is 5.75 Å². The number of amides is 1. The summed E-state index contributed by atoms with van der Waals surface area (Å²) in [4.78, 5) is 14.3. The van der Waals surface area contributed by atoms with E-state index >= 15 is 0 Å². The van der Waals surface area contributed by atoms with Gasteiger partial charge in [0.2, 0.25) is 5.82 Å². The molecule has 1 aliphatic heterocycles. The lowest BCUT2D eigenvalue weighted by Crippen LogP contribution is -2.36. The second kappa shape index (κ2) is 7.40. The Hall–Kier alpha value is -3.92. The lowest BCUT2D eigenvalue weighted by atomic mass is 10.1. The number of anilines is 1. The molecule has 0 aliphatic carbocycles. The highest BCUT2D eigenvalue weighted by molar-refractivity contribution is 5.92. The number of phenolic OH excluding ortho intramolecular Hbond substituents is 1. The van der Waals surface area contributed by atoms with Crippen molar-refractivity contribution in [1.29, 1.82) is 0 Å². The van der Waals surface area contributed by atoms with Gasteiger partial charge in [-0.2, -0.15) is 5.10 Å². The van der Waals surface area contributed by atoms with Crippen molar-refractivity contribution in [3.05, 3.63) is 47.9 Å². The zero-order valence-corrected chi connectivity index (χ0v) is 16.9. The third-order valence-corrected chi connectivity index (χ3v) is 5.48. The van der Waals surface area contributed by atoms with Crippen molar-refractivity contribution in [3.63, 3.8) is 0 Å². The summed E-state index contributed by atoms with van der Waals surface area (Å²) in [7, 11) is 0. The molecule has 10 heteroatoms. The van der Waals surface area contributed by atoms with Gasteiger partial charge in [-0.1, -0.05) is 0 Å². The van der Waals surface area contributed by atoms with Gasteiger partial charge < -0.3 is 20.5 Å². The van der Waals surface area contributed by atoms with Gasteiger partial charge in [0.15, 0.2) is 5.82 Å². The number of hydrogen-bond donors (Lipinski definition) is 3. The fraction of sp³-hybridized carbons (Fsp3) is 0.238. The molecule has 2 aromatic carbocycles. The van der Waals surface area contributed by atoms with Crippen molar-refractivity contribution < 1.29 is 14.6 Å². The Morgan fingerprint density at radius 3 is 2.55 bits per heavy atom. The quantitative estimate of drug-likeness (QED) is 0.459. The number of ether oxygens (including phenoxy) is 1. The van der Waals surface area contributed by atoms with E-state index in [1.807, 2.05) is 31.2 Å². The molecular formula is C21H21N7O3. The maximum absolute atomic E-state index is 12.1. The van der Waals surface area contributed by atoms with Crippen LogP contribution in [0.3, 0.4) is 0 Å². The van der Waals surface area contributed by atoms with E-state index in [1.54, 1.807) is 16.7 Å². The van der Waals surface area contributed by atoms with Crippen molar-refractivity contribution in [1.82, 2.24) is 25.0 Å². The van der Waals surface area contributed by atoms with Crippen LogP contribution in [0.15, 0.2) is 36.4 Å². The van der Waals surface area contributed by atoms with E-state index in [9.17, 15) is 9.90 Å². The summed E-state index contributed by atoms with van der Waals surface area (Å²) in [6.45, 7) is 4.89. The standard InChI is InChI=1S/C21H21N7O3/c1-12-15-10-16(18(29)11-17(15)24-23-12)20-25-26-21(19(22)30)28(20)14-4-2-13(3-5-14)27-6-8-31-9-7-27/h2-5,10-11,29H,6-9H2,1H3,(H2,22,30)(H,23,24). The van der Waals surface area contributed by atoms with Crippen molar-refractivity contribution in [2.75, 3.05) is 31.2 Å². The number of morpholine rings is 1. The summed E-state index contributed by atoms with van der Waals surface area (Å²) < 4.78 is 6.97. The highest BCUT2D eigenvalue weighted by atomic mass is 16.5. The van der Waals surface area contributed by atoms with E-state index in [-0.39, 0.29) is 11.6 Å². The van der Waals surface area contributed by atoms with E-state index in [1.165, 1.54) is 0 Å². The summed E-state index contributed by atoms with van der Waals surface area (Å²) >= 11 is 0. The number of primary amides is 1. The number of aromatic amines is 1. The molecule has 10 nitrogen and oxygen atoms in total. The van der Waals surface area contributed by atoms with Gasteiger partial charge >= 0.3 is 0 Å². The number of rotatable bonds is 4. The molecule has 158 valence electrons. The second-order valence-electron chi connectivity index (χ2n) is 7.39. The van der Waals surface area contributed by atoms with Crippen LogP contribution in [-0.4, -0.2) is 62.3 Å². The van der Waals surface area contributed by atoms with Crippen molar-refractivity contribution in [3.8, 4) is 22.8 Å². The molecule has 2 aromatic heterocycles. The summed E-state index contributed by atoms with van der Waals surface area (Å²) in [5.74, 6) is -0.424. The number of phenols is 1. The SMILES string of the molecule is Cc1n[nH]c2cc(O)c(-c3nnc(C(N)=O)n3-c3ccc(N4CCOCC4)cc3)cc12. The average Bonchev–Trinajstić information content (AvgIpc) is 3.38. The molecule has 0 radical (unpaired) electrons. The van der Waals surface area contributed by atoms with E-state index in [0.29, 0.717) is 35.8 Å². The monoisotopic (exact) mass is 419 g/mol. The fourth-order valence-corrected chi connectivity index (χ4v) is 3.86. The van der Waals surface area contributed by atoms with Gasteiger partial charge in [-0.25, -0.2) is 0 Å². The molecule has 31 heavy (non-hydrogen) atoms. The molecule has 1 aliphatic rings. The van der Waals surface area contributed by atoms with Gasteiger partial charge in [0.25, 0.3) is 5.91 Å². The average molecular weight is 419 g/mol. The van der Waals surface area contributed by atoms with E-state index in [2.05, 4.69) is 25.3 Å². The predicted molar refractivity (Wildman–Crippen MR) is 114 cm³/mol. The second-order valence-corrected chi connectivity index (χ2v) is 7.39. The molecule has 0 saturated carbocycles. The largest absolute Gasteiger partial charge is 0.507 e. The maximum atomic E-state index is 12.1. The third kappa shape index (κ3) is 3.26. The highest BCUT2D eigenvalue weighted by Crippen LogP contribution is 2.34. The molecule has 3 heterocycles.